The first-order valence-corrected chi connectivity index (χ1v) is 11.9. The molecule has 0 radical (unpaired) electrons. The van der Waals surface area contributed by atoms with Crippen LogP contribution in [0.4, 0.5) is 5.13 Å². The molecule has 0 saturated carbocycles. The minimum absolute atomic E-state index is 0.595. The molecule has 144 valence electrons. The Labute approximate surface area is 189 Å². The highest BCUT2D eigenvalue weighted by Crippen LogP contribution is 2.29. The van der Waals surface area contributed by atoms with Gasteiger partial charge in [0.25, 0.3) is 0 Å². The Morgan fingerprint density at radius 3 is 1.89 bits per heavy atom. The summed E-state index contributed by atoms with van der Waals surface area (Å²) in [5.41, 5.74) is 2.03. The molecule has 2 aromatic heterocycles. The zero-order chi connectivity index (χ0) is 20.0. The molecule has 0 fully saturated rings. The molecule has 0 bridgehead atoms. The van der Waals surface area contributed by atoms with E-state index in [0.717, 1.165) is 29.8 Å². The van der Waals surface area contributed by atoms with Crippen molar-refractivity contribution in [2.45, 2.75) is 20.3 Å². The lowest BCUT2D eigenvalue weighted by Gasteiger charge is -2.04. The number of fused-ring (bicyclic) bond motifs is 2. The summed E-state index contributed by atoms with van der Waals surface area (Å²) in [6.45, 7) is 4.25. The topological polar surface area (TPSA) is 29.0 Å². The van der Waals surface area contributed by atoms with E-state index in [1.807, 2.05) is 49.3 Å². The molecule has 0 saturated heterocycles. The Kier molecular flexibility index (Phi) is 8.95. The molecule has 2 aromatic carbocycles. The number of halogens is 3. The molecular weight excluding hydrogens is 530 g/mol. The van der Waals surface area contributed by atoms with Crippen molar-refractivity contribution < 1.29 is 0 Å². The summed E-state index contributed by atoms with van der Waals surface area (Å²) in [4.78, 5) is 10.6. The van der Waals surface area contributed by atoms with Gasteiger partial charge in [-0.1, -0.05) is 75.1 Å². The molecule has 0 spiro atoms. The highest BCUT2D eigenvalue weighted by molar-refractivity contribution is 9.10. The van der Waals surface area contributed by atoms with Gasteiger partial charge >= 0.3 is 0 Å². The summed E-state index contributed by atoms with van der Waals surface area (Å²) in [6, 6.07) is 12.1. The summed E-state index contributed by atoms with van der Waals surface area (Å²) in [5, 5.41) is 1.05. The Bertz CT molecular complexity index is 1010. The highest BCUT2D eigenvalue weighted by atomic mass is 79.9. The standard InChI is InChI=1S/C9H9BrN2S.C7H3BrClNS.C3H8/c1-12(2)9-11-7-4-3-6(10)5-8(7)13-9;8-4-1-2-5-6(3-4)11-7(9)10-5;1-3-2/h3-5H,1-2H3;1-3H;3H2,1-2H3. The van der Waals surface area contributed by atoms with Crippen LogP contribution >= 0.6 is 66.1 Å². The van der Waals surface area contributed by atoms with Crippen LogP contribution in [0, 0.1) is 0 Å². The molecule has 0 aliphatic heterocycles. The number of anilines is 1. The fourth-order valence-corrected chi connectivity index (χ4v) is 4.97. The first kappa shape index (κ1) is 22.6. The summed E-state index contributed by atoms with van der Waals surface area (Å²) in [6.07, 6.45) is 1.25. The Balaban J connectivity index is 0.000000171. The molecule has 8 heteroatoms. The fourth-order valence-electron chi connectivity index (χ4n) is 1.95. The second-order valence-corrected chi connectivity index (χ2v) is 10.2. The maximum absolute atomic E-state index is 5.73. The average molecular weight is 550 g/mol. The zero-order valence-electron chi connectivity index (χ0n) is 15.5. The third-order valence-corrected chi connectivity index (χ3v) is 6.34. The minimum Gasteiger partial charge on any atom is -0.354 e. The predicted octanol–water partition coefficient (Wildman–Crippen LogP) is 8.25. The largest absolute Gasteiger partial charge is 0.354 e. The second-order valence-electron chi connectivity index (χ2n) is 5.79. The van der Waals surface area contributed by atoms with Crippen LogP contribution in [0.2, 0.25) is 4.47 Å². The van der Waals surface area contributed by atoms with Crippen molar-refractivity contribution in [2.75, 3.05) is 19.0 Å². The molecule has 0 unspecified atom stereocenters. The Morgan fingerprint density at radius 2 is 1.37 bits per heavy atom. The first-order chi connectivity index (χ1) is 12.8. The highest BCUT2D eigenvalue weighted by Gasteiger charge is 2.04. The number of rotatable bonds is 1. The van der Waals surface area contributed by atoms with Gasteiger partial charge in [-0.3, -0.25) is 0 Å². The number of thiazole rings is 2. The molecule has 27 heavy (non-hydrogen) atoms. The van der Waals surface area contributed by atoms with E-state index in [4.69, 9.17) is 11.6 Å². The smallest absolute Gasteiger partial charge is 0.185 e. The van der Waals surface area contributed by atoms with Crippen LogP contribution in [0.5, 0.6) is 0 Å². The van der Waals surface area contributed by atoms with Crippen molar-refractivity contribution in [3.05, 3.63) is 49.8 Å². The maximum Gasteiger partial charge on any atom is 0.185 e. The number of nitrogens with zero attached hydrogens (tertiary/aromatic N) is 3. The molecule has 0 N–H and O–H groups in total. The molecule has 4 rings (SSSR count). The van der Waals surface area contributed by atoms with Gasteiger partial charge in [0.15, 0.2) is 9.60 Å². The Morgan fingerprint density at radius 1 is 0.889 bits per heavy atom. The van der Waals surface area contributed by atoms with Crippen LogP contribution in [0.15, 0.2) is 45.3 Å². The number of hydrogen-bond acceptors (Lipinski definition) is 5. The van der Waals surface area contributed by atoms with E-state index in [-0.39, 0.29) is 0 Å². The lowest BCUT2D eigenvalue weighted by Crippen LogP contribution is -2.07. The monoisotopic (exact) mass is 547 g/mol. The minimum atomic E-state index is 0.595. The van der Waals surface area contributed by atoms with Crippen LogP contribution in [0.3, 0.4) is 0 Å². The van der Waals surface area contributed by atoms with E-state index in [1.165, 1.54) is 22.5 Å². The van der Waals surface area contributed by atoms with Gasteiger partial charge in [0, 0.05) is 23.0 Å². The summed E-state index contributed by atoms with van der Waals surface area (Å²) in [7, 11) is 4.01. The molecule has 2 heterocycles. The lowest BCUT2D eigenvalue weighted by atomic mass is 10.3. The quantitative estimate of drug-likeness (QED) is 0.239. The van der Waals surface area contributed by atoms with E-state index >= 15 is 0 Å². The Hall–Kier alpha value is -0.730. The van der Waals surface area contributed by atoms with Gasteiger partial charge in [0.05, 0.1) is 20.4 Å². The van der Waals surface area contributed by atoms with E-state index in [0.29, 0.717) is 4.47 Å². The van der Waals surface area contributed by atoms with Crippen molar-refractivity contribution in [3.8, 4) is 0 Å². The van der Waals surface area contributed by atoms with Gasteiger partial charge in [-0.15, -0.1) is 11.3 Å². The van der Waals surface area contributed by atoms with Gasteiger partial charge < -0.3 is 4.90 Å². The molecule has 3 nitrogen and oxygen atoms in total. The maximum atomic E-state index is 5.73. The first-order valence-electron chi connectivity index (χ1n) is 8.29. The van der Waals surface area contributed by atoms with Gasteiger partial charge in [0.1, 0.15) is 0 Å². The van der Waals surface area contributed by atoms with E-state index < -0.39 is 0 Å². The predicted molar refractivity (Wildman–Crippen MR) is 130 cm³/mol. The lowest BCUT2D eigenvalue weighted by molar-refractivity contribution is 1.09. The number of hydrogen-bond donors (Lipinski definition) is 0. The SMILES string of the molecule is CCC.CN(C)c1nc2ccc(Br)cc2s1.Clc1nc2ccc(Br)cc2s1. The van der Waals surface area contributed by atoms with Crippen molar-refractivity contribution in [1.82, 2.24) is 9.97 Å². The molecule has 0 aliphatic rings. The van der Waals surface area contributed by atoms with Crippen LogP contribution in [0.25, 0.3) is 20.4 Å². The van der Waals surface area contributed by atoms with Gasteiger partial charge in [-0.25, -0.2) is 9.97 Å². The molecule has 0 amide bonds. The van der Waals surface area contributed by atoms with E-state index in [2.05, 4.69) is 61.7 Å². The zero-order valence-corrected chi connectivity index (χ0v) is 21.0. The number of aromatic nitrogens is 2. The van der Waals surface area contributed by atoms with Gasteiger partial charge in [0.2, 0.25) is 0 Å². The average Bonchev–Trinajstić information content (AvgIpc) is 3.17. The van der Waals surface area contributed by atoms with Crippen molar-refractivity contribution in [3.63, 3.8) is 0 Å². The van der Waals surface area contributed by atoms with Crippen LogP contribution in [-0.4, -0.2) is 24.1 Å². The van der Waals surface area contributed by atoms with Gasteiger partial charge in [-0.05, 0) is 36.4 Å². The van der Waals surface area contributed by atoms with E-state index in [9.17, 15) is 0 Å². The summed E-state index contributed by atoms with van der Waals surface area (Å²) >= 11 is 15.7. The van der Waals surface area contributed by atoms with Gasteiger partial charge in [-0.2, -0.15) is 0 Å². The molecule has 0 aliphatic carbocycles. The second kappa shape index (κ2) is 10.7. The van der Waals surface area contributed by atoms with Crippen molar-refractivity contribution in [1.29, 1.82) is 0 Å². The third kappa shape index (κ3) is 6.68. The molecule has 0 atom stereocenters. The fraction of sp³-hybridized carbons (Fsp3) is 0.263. The van der Waals surface area contributed by atoms with E-state index in [1.54, 1.807) is 11.3 Å². The van der Waals surface area contributed by atoms with Crippen LogP contribution < -0.4 is 4.90 Å². The molecule has 4 aromatic rings. The normalized spacial score (nSPS) is 10.2. The van der Waals surface area contributed by atoms with Crippen molar-refractivity contribution >= 4 is 91.7 Å². The number of benzene rings is 2. The van der Waals surface area contributed by atoms with Crippen LogP contribution in [-0.2, 0) is 0 Å². The third-order valence-electron chi connectivity index (χ3n) is 3.05. The van der Waals surface area contributed by atoms with Crippen LogP contribution in [0.1, 0.15) is 20.3 Å². The molecular formula is C19H20Br2ClN3S2. The summed E-state index contributed by atoms with van der Waals surface area (Å²) in [5.74, 6) is 0. The summed E-state index contributed by atoms with van der Waals surface area (Å²) < 4.78 is 5.10. The van der Waals surface area contributed by atoms with Crippen molar-refractivity contribution in [2.24, 2.45) is 0 Å².